The number of hydrogen-bond donors (Lipinski definition) is 1. The van der Waals surface area contributed by atoms with Crippen molar-refractivity contribution >= 4 is 17.5 Å². The largest absolute Gasteiger partial charge is 0.384 e. The van der Waals surface area contributed by atoms with Crippen LogP contribution in [0.5, 0.6) is 0 Å². The summed E-state index contributed by atoms with van der Waals surface area (Å²) in [5.74, 6) is 1.94. The lowest BCUT2D eigenvalue weighted by Crippen LogP contribution is -2.24. The first kappa shape index (κ1) is 21.8. The van der Waals surface area contributed by atoms with Gasteiger partial charge in [0.25, 0.3) is 5.91 Å². The molecule has 6 rings (SSSR count). The summed E-state index contributed by atoms with van der Waals surface area (Å²) < 4.78 is 3.76. The number of aromatic nitrogens is 5. The summed E-state index contributed by atoms with van der Waals surface area (Å²) >= 11 is 0. The lowest BCUT2D eigenvalue weighted by Gasteiger charge is -2.16. The van der Waals surface area contributed by atoms with E-state index in [1.807, 2.05) is 60.8 Å². The van der Waals surface area contributed by atoms with Gasteiger partial charge in [-0.2, -0.15) is 5.10 Å². The molecule has 5 aromatic rings. The Hall–Kier alpha value is -4.72. The number of amides is 1. The highest BCUT2D eigenvalue weighted by molar-refractivity contribution is 6.10. The number of nitrogens with zero attached hydrogens (tertiary/aromatic N) is 6. The summed E-state index contributed by atoms with van der Waals surface area (Å²) in [5, 5.41) is 4.25. The third kappa shape index (κ3) is 3.63. The molecule has 0 fully saturated rings. The number of benzene rings is 2. The molecule has 1 aliphatic heterocycles. The predicted octanol–water partition coefficient (Wildman–Crippen LogP) is 5.12. The van der Waals surface area contributed by atoms with Crippen molar-refractivity contribution in [2.24, 2.45) is 0 Å². The molecule has 8 nitrogen and oxygen atoms in total. The Morgan fingerprint density at radius 1 is 0.944 bits per heavy atom. The van der Waals surface area contributed by atoms with Gasteiger partial charge >= 0.3 is 0 Å². The first-order valence-corrected chi connectivity index (χ1v) is 11.8. The maximum atomic E-state index is 13.4. The van der Waals surface area contributed by atoms with E-state index in [2.05, 4.69) is 34.6 Å². The van der Waals surface area contributed by atoms with Gasteiger partial charge in [-0.15, -0.1) is 0 Å². The van der Waals surface area contributed by atoms with E-state index >= 15 is 0 Å². The average Bonchev–Trinajstić information content (AvgIpc) is 3.63. The zero-order chi connectivity index (χ0) is 24.8. The van der Waals surface area contributed by atoms with E-state index in [1.54, 1.807) is 28.0 Å². The molecule has 0 unspecified atom stereocenters. The highest BCUT2D eigenvalue weighted by atomic mass is 16.2. The minimum absolute atomic E-state index is 0.0513. The molecule has 4 heterocycles. The number of anilines is 2. The molecule has 8 heteroatoms. The monoisotopic (exact) mass is 475 g/mol. The second kappa shape index (κ2) is 8.49. The van der Waals surface area contributed by atoms with Crippen molar-refractivity contribution in [2.45, 2.75) is 26.4 Å². The van der Waals surface area contributed by atoms with Crippen LogP contribution in [0.25, 0.3) is 28.3 Å². The van der Waals surface area contributed by atoms with Crippen molar-refractivity contribution < 1.29 is 4.79 Å². The molecule has 1 amide bonds. The summed E-state index contributed by atoms with van der Waals surface area (Å²) in [7, 11) is 0. The smallest absolute Gasteiger partial charge is 0.260 e. The van der Waals surface area contributed by atoms with Gasteiger partial charge in [-0.25, -0.2) is 14.6 Å². The number of carbonyl (C=O) groups is 1. The van der Waals surface area contributed by atoms with E-state index < -0.39 is 0 Å². The van der Waals surface area contributed by atoms with Crippen molar-refractivity contribution in [3.63, 3.8) is 0 Å². The van der Waals surface area contributed by atoms with Crippen molar-refractivity contribution in [3.05, 3.63) is 96.4 Å². The Morgan fingerprint density at radius 2 is 1.75 bits per heavy atom. The lowest BCUT2D eigenvalue weighted by atomic mass is 10.0. The maximum absolute atomic E-state index is 13.4. The van der Waals surface area contributed by atoms with E-state index in [0.29, 0.717) is 23.7 Å². The molecule has 0 aliphatic carbocycles. The number of fused-ring (bicyclic) bond motifs is 1. The Kier molecular flexibility index (Phi) is 5.14. The molecule has 0 saturated carbocycles. The second-order valence-electron chi connectivity index (χ2n) is 9.11. The van der Waals surface area contributed by atoms with Crippen LogP contribution < -0.4 is 10.6 Å². The molecular formula is C28H25N7O. The average molecular weight is 476 g/mol. The normalized spacial score (nSPS) is 13.0. The molecule has 2 N–H and O–H groups in total. The highest BCUT2D eigenvalue weighted by Crippen LogP contribution is 2.32. The zero-order valence-electron chi connectivity index (χ0n) is 20.0. The summed E-state index contributed by atoms with van der Waals surface area (Å²) in [6.07, 6.45) is 5.39. The van der Waals surface area contributed by atoms with Gasteiger partial charge in [0.05, 0.1) is 18.4 Å². The van der Waals surface area contributed by atoms with E-state index in [4.69, 9.17) is 10.7 Å². The number of nitrogen functional groups attached to an aromatic ring is 1. The van der Waals surface area contributed by atoms with Crippen molar-refractivity contribution in [1.82, 2.24) is 24.3 Å². The molecule has 0 bridgehead atoms. The van der Waals surface area contributed by atoms with Gasteiger partial charge in [0.1, 0.15) is 17.3 Å². The van der Waals surface area contributed by atoms with Crippen LogP contribution in [0.15, 0.2) is 85.3 Å². The predicted molar refractivity (Wildman–Crippen MR) is 140 cm³/mol. The Balaban J connectivity index is 1.28. The zero-order valence-corrected chi connectivity index (χ0v) is 20.0. The molecule has 0 radical (unpaired) electrons. The van der Waals surface area contributed by atoms with Gasteiger partial charge in [0, 0.05) is 30.1 Å². The van der Waals surface area contributed by atoms with E-state index in [0.717, 1.165) is 33.9 Å². The minimum atomic E-state index is -0.0513. The van der Waals surface area contributed by atoms with Crippen LogP contribution in [-0.2, 0) is 6.54 Å². The number of rotatable bonds is 5. The van der Waals surface area contributed by atoms with Gasteiger partial charge in [-0.1, -0.05) is 30.3 Å². The number of hydrogen-bond acceptors (Lipinski definition) is 5. The molecule has 1 aliphatic rings. The second-order valence-corrected chi connectivity index (χ2v) is 9.11. The van der Waals surface area contributed by atoms with Crippen LogP contribution in [0, 0.1) is 0 Å². The fraction of sp³-hybridized carbons (Fsp3) is 0.143. The van der Waals surface area contributed by atoms with Crippen LogP contribution in [0.3, 0.4) is 0 Å². The Labute approximate surface area is 208 Å². The first-order chi connectivity index (χ1) is 17.5. The standard InChI is InChI=1S/C28H25N7O/c1-18(2)33-15-14-30-27(33)24-4-3-5-26(32-24)34-17-21-7-6-20(16-23(21)28(34)36)19-8-10-22(11-9-19)35-25(29)12-13-31-35/h3-16,18H,17,29H2,1-2H3. The number of carbonyl (C=O) groups excluding carboxylic acids is 1. The van der Waals surface area contributed by atoms with Gasteiger partial charge in [0.2, 0.25) is 0 Å². The van der Waals surface area contributed by atoms with Gasteiger partial charge in [-0.05, 0) is 60.9 Å². The Morgan fingerprint density at radius 3 is 2.50 bits per heavy atom. The number of nitrogens with two attached hydrogens (primary N) is 1. The molecule has 178 valence electrons. The topological polar surface area (TPSA) is 94.9 Å². The first-order valence-electron chi connectivity index (χ1n) is 11.8. The van der Waals surface area contributed by atoms with Gasteiger partial charge in [-0.3, -0.25) is 9.69 Å². The van der Waals surface area contributed by atoms with Crippen LogP contribution in [0.4, 0.5) is 11.6 Å². The fourth-order valence-electron chi connectivity index (χ4n) is 4.62. The lowest BCUT2D eigenvalue weighted by molar-refractivity contribution is 0.0996. The molecule has 2 aromatic carbocycles. The number of imidazole rings is 1. The van der Waals surface area contributed by atoms with Gasteiger partial charge in [0.15, 0.2) is 5.82 Å². The third-order valence-electron chi connectivity index (χ3n) is 6.50. The van der Waals surface area contributed by atoms with Crippen LogP contribution in [0.2, 0.25) is 0 Å². The SMILES string of the molecule is CC(C)n1ccnc1-c1cccc(N2Cc3ccc(-c4ccc(-n5nccc5N)cc4)cc3C2=O)n1. The van der Waals surface area contributed by atoms with Crippen molar-refractivity contribution in [3.8, 4) is 28.3 Å². The molecule has 0 spiro atoms. The highest BCUT2D eigenvalue weighted by Gasteiger charge is 2.30. The molecular weight excluding hydrogens is 450 g/mol. The van der Waals surface area contributed by atoms with E-state index in [9.17, 15) is 4.79 Å². The van der Waals surface area contributed by atoms with Crippen LogP contribution in [-0.4, -0.2) is 30.2 Å². The number of pyridine rings is 1. The summed E-state index contributed by atoms with van der Waals surface area (Å²) in [4.78, 5) is 24.5. The molecule has 0 saturated heterocycles. The van der Waals surface area contributed by atoms with Crippen LogP contribution in [0.1, 0.15) is 35.8 Å². The third-order valence-corrected chi connectivity index (χ3v) is 6.50. The quantitative estimate of drug-likeness (QED) is 0.381. The molecule has 36 heavy (non-hydrogen) atoms. The van der Waals surface area contributed by atoms with Crippen molar-refractivity contribution in [2.75, 3.05) is 10.6 Å². The summed E-state index contributed by atoms with van der Waals surface area (Å²) in [6, 6.07) is 21.7. The van der Waals surface area contributed by atoms with E-state index in [1.165, 1.54) is 0 Å². The maximum Gasteiger partial charge on any atom is 0.260 e. The van der Waals surface area contributed by atoms with E-state index in [-0.39, 0.29) is 11.9 Å². The van der Waals surface area contributed by atoms with Crippen LogP contribution >= 0.6 is 0 Å². The van der Waals surface area contributed by atoms with Crippen molar-refractivity contribution in [1.29, 1.82) is 0 Å². The molecule has 3 aromatic heterocycles. The summed E-state index contributed by atoms with van der Waals surface area (Å²) in [5.41, 5.74) is 11.3. The Bertz CT molecular complexity index is 1580. The minimum Gasteiger partial charge on any atom is -0.384 e. The fourth-order valence-corrected chi connectivity index (χ4v) is 4.62. The molecule has 0 atom stereocenters. The summed E-state index contributed by atoms with van der Waals surface area (Å²) in [6.45, 7) is 4.70. The van der Waals surface area contributed by atoms with Gasteiger partial charge < -0.3 is 10.3 Å².